The predicted octanol–water partition coefficient (Wildman–Crippen LogP) is 2.59. The van der Waals surface area contributed by atoms with Gasteiger partial charge in [-0.05, 0) is 32.9 Å². The number of ether oxygens (including phenoxy) is 2. The maximum absolute atomic E-state index is 13.1. The fourth-order valence-corrected chi connectivity index (χ4v) is 1.22. The van der Waals surface area contributed by atoms with Crippen LogP contribution in [0.15, 0.2) is 18.2 Å². The second-order valence-electron chi connectivity index (χ2n) is 4.80. The summed E-state index contributed by atoms with van der Waals surface area (Å²) in [5.74, 6) is -0.676. The van der Waals surface area contributed by atoms with E-state index >= 15 is 0 Å². The SMILES string of the molecule is COc1cc(NC(=O)COC(C)(C)C)ccc1F. The van der Waals surface area contributed by atoms with Crippen molar-refractivity contribution in [3.63, 3.8) is 0 Å². The predicted molar refractivity (Wildman–Crippen MR) is 67.3 cm³/mol. The summed E-state index contributed by atoms with van der Waals surface area (Å²) in [6, 6.07) is 4.12. The maximum Gasteiger partial charge on any atom is 0.250 e. The number of methoxy groups -OCH3 is 1. The minimum atomic E-state index is -0.471. The van der Waals surface area contributed by atoms with Crippen LogP contribution < -0.4 is 10.1 Å². The van der Waals surface area contributed by atoms with Crippen LogP contribution in [0.4, 0.5) is 10.1 Å². The maximum atomic E-state index is 13.1. The molecule has 0 aliphatic rings. The van der Waals surface area contributed by atoms with E-state index in [2.05, 4.69) is 5.32 Å². The Balaban J connectivity index is 2.59. The number of halogens is 1. The van der Waals surface area contributed by atoms with E-state index < -0.39 is 5.82 Å². The Morgan fingerprint density at radius 3 is 2.61 bits per heavy atom. The van der Waals surface area contributed by atoms with Crippen LogP contribution in [0.1, 0.15) is 20.8 Å². The third-order valence-corrected chi connectivity index (χ3v) is 2.07. The first-order chi connectivity index (χ1) is 8.31. The summed E-state index contributed by atoms with van der Waals surface area (Å²) in [5, 5.41) is 2.61. The zero-order valence-corrected chi connectivity index (χ0v) is 11.0. The fraction of sp³-hybridized carbons (Fsp3) is 0.462. The lowest BCUT2D eigenvalue weighted by atomic mass is 10.2. The highest BCUT2D eigenvalue weighted by Gasteiger charge is 2.13. The highest BCUT2D eigenvalue weighted by Crippen LogP contribution is 2.21. The van der Waals surface area contributed by atoms with Crippen LogP contribution in [-0.4, -0.2) is 25.2 Å². The first-order valence-corrected chi connectivity index (χ1v) is 5.59. The number of hydrogen-bond acceptors (Lipinski definition) is 3. The molecule has 0 radical (unpaired) electrons. The lowest BCUT2D eigenvalue weighted by Gasteiger charge is -2.19. The molecule has 1 amide bonds. The van der Waals surface area contributed by atoms with Crippen LogP contribution in [0.3, 0.4) is 0 Å². The summed E-state index contributed by atoms with van der Waals surface area (Å²) in [4.78, 5) is 11.6. The van der Waals surface area contributed by atoms with Crippen molar-refractivity contribution >= 4 is 11.6 Å². The second kappa shape index (κ2) is 5.82. The first kappa shape index (κ1) is 14.4. The van der Waals surface area contributed by atoms with Crippen molar-refractivity contribution in [3.05, 3.63) is 24.0 Å². The molecule has 0 saturated heterocycles. The zero-order valence-electron chi connectivity index (χ0n) is 11.0. The number of hydrogen-bond donors (Lipinski definition) is 1. The summed E-state index contributed by atoms with van der Waals surface area (Å²) in [7, 11) is 1.37. The number of carbonyl (C=O) groups is 1. The van der Waals surface area contributed by atoms with Gasteiger partial charge in [0, 0.05) is 11.8 Å². The molecule has 100 valence electrons. The van der Waals surface area contributed by atoms with E-state index in [-0.39, 0.29) is 23.9 Å². The molecule has 4 nitrogen and oxygen atoms in total. The Morgan fingerprint density at radius 1 is 1.39 bits per heavy atom. The van der Waals surface area contributed by atoms with Crippen LogP contribution in [-0.2, 0) is 9.53 Å². The Morgan fingerprint density at radius 2 is 2.06 bits per heavy atom. The Labute approximate surface area is 106 Å². The van der Waals surface area contributed by atoms with Gasteiger partial charge in [-0.2, -0.15) is 0 Å². The molecule has 1 rings (SSSR count). The standard InChI is InChI=1S/C13H18FNO3/c1-13(2,3)18-8-12(16)15-9-5-6-10(14)11(7-9)17-4/h5-7H,8H2,1-4H3,(H,15,16). The molecule has 0 spiro atoms. The molecule has 0 aliphatic heterocycles. The summed E-state index contributed by atoms with van der Waals surface area (Å²) >= 11 is 0. The van der Waals surface area contributed by atoms with Crippen molar-refractivity contribution in [1.29, 1.82) is 0 Å². The Bertz CT molecular complexity index is 427. The number of nitrogens with one attached hydrogen (secondary N) is 1. The second-order valence-corrected chi connectivity index (χ2v) is 4.80. The lowest BCUT2D eigenvalue weighted by Crippen LogP contribution is -2.27. The molecule has 18 heavy (non-hydrogen) atoms. The number of anilines is 1. The zero-order chi connectivity index (χ0) is 13.8. The minimum absolute atomic E-state index is 0.0524. The smallest absolute Gasteiger partial charge is 0.250 e. The van der Waals surface area contributed by atoms with Gasteiger partial charge in [-0.25, -0.2) is 4.39 Å². The average Bonchev–Trinajstić information content (AvgIpc) is 2.28. The van der Waals surface area contributed by atoms with Crippen LogP contribution in [0.2, 0.25) is 0 Å². The van der Waals surface area contributed by atoms with Gasteiger partial charge >= 0.3 is 0 Å². The van der Waals surface area contributed by atoms with Gasteiger partial charge in [0.05, 0.1) is 12.7 Å². The van der Waals surface area contributed by atoms with Crippen molar-refractivity contribution in [2.45, 2.75) is 26.4 Å². The number of benzene rings is 1. The van der Waals surface area contributed by atoms with Crippen molar-refractivity contribution < 1.29 is 18.7 Å². The third kappa shape index (κ3) is 4.71. The third-order valence-electron chi connectivity index (χ3n) is 2.07. The molecule has 0 heterocycles. The topological polar surface area (TPSA) is 47.6 Å². The molecule has 1 N–H and O–H groups in total. The van der Waals surface area contributed by atoms with Crippen LogP contribution in [0.5, 0.6) is 5.75 Å². The molecule has 0 saturated carbocycles. The number of amides is 1. The van der Waals surface area contributed by atoms with Crippen molar-refractivity contribution in [2.24, 2.45) is 0 Å². The first-order valence-electron chi connectivity index (χ1n) is 5.59. The quantitative estimate of drug-likeness (QED) is 0.899. The number of rotatable bonds is 4. The van der Waals surface area contributed by atoms with E-state index in [0.29, 0.717) is 5.69 Å². The van der Waals surface area contributed by atoms with E-state index in [9.17, 15) is 9.18 Å². The lowest BCUT2D eigenvalue weighted by molar-refractivity contribution is -0.125. The molecule has 0 aliphatic carbocycles. The molecule has 0 bridgehead atoms. The summed E-state index contributed by atoms with van der Waals surface area (Å²) in [6.45, 7) is 5.53. The average molecular weight is 255 g/mol. The summed E-state index contributed by atoms with van der Waals surface area (Å²) in [6.07, 6.45) is 0. The Kier molecular flexibility index (Phi) is 4.67. The van der Waals surface area contributed by atoms with Crippen LogP contribution >= 0.6 is 0 Å². The monoisotopic (exact) mass is 255 g/mol. The van der Waals surface area contributed by atoms with E-state index in [1.54, 1.807) is 0 Å². The Hall–Kier alpha value is -1.62. The largest absolute Gasteiger partial charge is 0.494 e. The van der Waals surface area contributed by atoms with E-state index in [0.717, 1.165) is 0 Å². The van der Waals surface area contributed by atoms with Gasteiger partial charge < -0.3 is 14.8 Å². The van der Waals surface area contributed by atoms with Crippen molar-refractivity contribution in [3.8, 4) is 5.75 Å². The summed E-state index contributed by atoms with van der Waals surface area (Å²) < 4.78 is 23.3. The molecule has 0 unspecified atom stereocenters. The van der Waals surface area contributed by atoms with Crippen molar-refractivity contribution in [1.82, 2.24) is 0 Å². The van der Waals surface area contributed by atoms with Gasteiger partial charge in [0.15, 0.2) is 11.6 Å². The molecule has 0 atom stereocenters. The number of carbonyl (C=O) groups excluding carboxylic acids is 1. The molecule has 1 aromatic carbocycles. The van der Waals surface area contributed by atoms with Crippen molar-refractivity contribution in [2.75, 3.05) is 19.0 Å². The van der Waals surface area contributed by atoms with E-state index in [1.807, 2.05) is 20.8 Å². The van der Waals surface area contributed by atoms with E-state index in [1.165, 1.54) is 25.3 Å². The molecular formula is C13H18FNO3. The molecular weight excluding hydrogens is 237 g/mol. The minimum Gasteiger partial charge on any atom is -0.494 e. The van der Waals surface area contributed by atoms with Crippen LogP contribution in [0, 0.1) is 5.82 Å². The highest BCUT2D eigenvalue weighted by molar-refractivity contribution is 5.91. The molecule has 1 aromatic rings. The molecule has 5 heteroatoms. The summed E-state index contributed by atoms with van der Waals surface area (Å²) in [5.41, 5.74) is 0.0911. The van der Waals surface area contributed by atoms with Gasteiger partial charge in [-0.3, -0.25) is 4.79 Å². The molecule has 0 aromatic heterocycles. The van der Waals surface area contributed by atoms with Crippen LogP contribution in [0.25, 0.3) is 0 Å². The highest BCUT2D eigenvalue weighted by atomic mass is 19.1. The van der Waals surface area contributed by atoms with Gasteiger partial charge in [0.1, 0.15) is 6.61 Å². The van der Waals surface area contributed by atoms with Gasteiger partial charge in [-0.1, -0.05) is 0 Å². The van der Waals surface area contributed by atoms with Gasteiger partial charge in [-0.15, -0.1) is 0 Å². The van der Waals surface area contributed by atoms with Gasteiger partial charge in [0.2, 0.25) is 5.91 Å². The fourth-order valence-electron chi connectivity index (χ4n) is 1.22. The van der Waals surface area contributed by atoms with E-state index in [4.69, 9.17) is 9.47 Å². The normalized spacial score (nSPS) is 11.2. The van der Waals surface area contributed by atoms with Gasteiger partial charge in [0.25, 0.3) is 0 Å². The molecule has 0 fully saturated rings.